The molecule has 30 heavy (non-hydrogen) atoms. The fraction of sp³-hybridized carbons (Fsp3) is 0. The SMILES string of the molecule is C=C/C=C(\C=C)c1cc2c(ccc3c2ccc2c4ccc5sccc5c4ccc32)s1. The van der Waals surface area contributed by atoms with E-state index in [2.05, 4.69) is 79.2 Å². The Morgan fingerprint density at radius 1 is 0.633 bits per heavy atom. The highest BCUT2D eigenvalue weighted by Crippen LogP contribution is 2.40. The summed E-state index contributed by atoms with van der Waals surface area (Å²) in [6, 6.07) is 22.8. The largest absolute Gasteiger partial charge is 0.144 e. The van der Waals surface area contributed by atoms with E-state index in [0.717, 1.165) is 5.57 Å². The molecule has 6 aromatic rings. The quantitative estimate of drug-likeness (QED) is 0.198. The first kappa shape index (κ1) is 17.6. The van der Waals surface area contributed by atoms with Crippen molar-refractivity contribution in [3.63, 3.8) is 0 Å². The van der Waals surface area contributed by atoms with Gasteiger partial charge in [-0.15, -0.1) is 22.7 Å². The summed E-state index contributed by atoms with van der Waals surface area (Å²) in [7, 11) is 0. The molecule has 0 saturated heterocycles. The van der Waals surface area contributed by atoms with Gasteiger partial charge < -0.3 is 0 Å². The highest BCUT2D eigenvalue weighted by Gasteiger charge is 2.12. The highest BCUT2D eigenvalue weighted by molar-refractivity contribution is 7.20. The Morgan fingerprint density at radius 3 is 1.83 bits per heavy atom. The molecule has 0 fully saturated rings. The normalized spacial score (nSPS) is 12.5. The standard InChI is InChI=1S/C28H18S2/c1-3-5-17(4-2)28-16-25-23-9-7-18-19(21(23)11-13-27(25)30-28)6-8-22-20(18)10-12-26-24(22)14-15-29-26/h3-16H,1-2H2/b17-5+. The van der Waals surface area contributed by atoms with E-state index in [4.69, 9.17) is 0 Å². The van der Waals surface area contributed by atoms with E-state index < -0.39 is 0 Å². The first-order chi connectivity index (χ1) is 14.8. The molecule has 142 valence electrons. The van der Waals surface area contributed by atoms with Crippen molar-refractivity contribution in [2.45, 2.75) is 0 Å². The minimum Gasteiger partial charge on any atom is -0.144 e. The molecule has 0 atom stereocenters. The van der Waals surface area contributed by atoms with Crippen LogP contribution in [-0.4, -0.2) is 0 Å². The van der Waals surface area contributed by atoms with Gasteiger partial charge in [-0.25, -0.2) is 0 Å². The zero-order chi connectivity index (χ0) is 20.2. The number of benzene rings is 4. The molecule has 0 aliphatic rings. The minimum atomic E-state index is 1.12. The van der Waals surface area contributed by atoms with E-state index in [1.165, 1.54) is 57.4 Å². The molecule has 0 saturated carbocycles. The average Bonchev–Trinajstić information content (AvgIpc) is 3.43. The Kier molecular flexibility index (Phi) is 3.92. The molecular formula is C28H18S2. The third-order valence-corrected chi connectivity index (χ3v) is 7.96. The Morgan fingerprint density at radius 2 is 1.20 bits per heavy atom. The summed E-state index contributed by atoms with van der Waals surface area (Å²) in [5, 5.41) is 12.8. The van der Waals surface area contributed by atoms with Crippen LogP contribution in [0.1, 0.15) is 4.88 Å². The molecule has 4 aromatic carbocycles. The molecule has 2 heteroatoms. The predicted octanol–water partition coefficient (Wildman–Crippen LogP) is 9.33. The van der Waals surface area contributed by atoms with Gasteiger partial charge in [0.25, 0.3) is 0 Å². The number of hydrogen-bond donors (Lipinski definition) is 0. The molecule has 0 amide bonds. The second-order valence-corrected chi connectivity index (χ2v) is 9.50. The van der Waals surface area contributed by atoms with Gasteiger partial charge in [-0.1, -0.05) is 67.8 Å². The highest BCUT2D eigenvalue weighted by atomic mass is 32.1. The van der Waals surface area contributed by atoms with Gasteiger partial charge in [0.1, 0.15) is 0 Å². The number of rotatable bonds is 3. The van der Waals surface area contributed by atoms with E-state index in [1.54, 1.807) is 11.3 Å². The van der Waals surface area contributed by atoms with Gasteiger partial charge in [0.15, 0.2) is 0 Å². The van der Waals surface area contributed by atoms with Crippen molar-refractivity contribution in [2.24, 2.45) is 0 Å². The lowest BCUT2D eigenvalue weighted by Crippen LogP contribution is -1.81. The van der Waals surface area contributed by atoms with Gasteiger partial charge in [0, 0.05) is 25.0 Å². The van der Waals surface area contributed by atoms with E-state index in [-0.39, 0.29) is 0 Å². The van der Waals surface area contributed by atoms with Crippen LogP contribution in [-0.2, 0) is 0 Å². The molecule has 2 heterocycles. The van der Waals surface area contributed by atoms with Crippen molar-refractivity contribution in [3.05, 3.63) is 102 Å². The smallest absolute Gasteiger partial charge is 0.0355 e. The van der Waals surface area contributed by atoms with Gasteiger partial charge in [0.2, 0.25) is 0 Å². The molecule has 6 rings (SSSR count). The van der Waals surface area contributed by atoms with Gasteiger partial charge in [-0.2, -0.15) is 0 Å². The number of allylic oxidation sites excluding steroid dienone is 4. The Hall–Kier alpha value is -3.20. The van der Waals surface area contributed by atoms with Gasteiger partial charge in [-0.3, -0.25) is 0 Å². The Bertz CT molecular complexity index is 1670. The van der Waals surface area contributed by atoms with Crippen LogP contribution >= 0.6 is 22.7 Å². The molecular weight excluding hydrogens is 400 g/mol. The number of thiophene rings is 2. The molecule has 0 aliphatic carbocycles. The van der Waals surface area contributed by atoms with Gasteiger partial charge >= 0.3 is 0 Å². The zero-order valence-electron chi connectivity index (χ0n) is 16.3. The topological polar surface area (TPSA) is 0 Å². The molecule has 0 N–H and O–H groups in total. The molecule has 0 nitrogen and oxygen atoms in total. The van der Waals surface area contributed by atoms with Crippen molar-refractivity contribution in [1.29, 1.82) is 0 Å². The van der Waals surface area contributed by atoms with Crippen LogP contribution in [0.15, 0.2) is 97.4 Å². The molecule has 0 radical (unpaired) electrons. The van der Waals surface area contributed by atoms with E-state index in [0.29, 0.717) is 0 Å². The van der Waals surface area contributed by atoms with E-state index in [1.807, 2.05) is 29.6 Å². The number of hydrogen-bond acceptors (Lipinski definition) is 2. The first-order valence-electron chi connectivity index (χ1n) is 9.92. The van der Waals surface area contributed by atoms with Crippen molar-refractivity contribution in [1.82, 2.24) is 0 Å². The van der Waals surface area contributed by atoms with Gasteiger partial charge in [-0.05, 0) is 67.5 Å². The van der Waals surface area contributed by atoms with E-state index >= 15 is 0 Å². The third kappa shape index (κ3) is 2.44. The summed E-state index contributed by atoms with van der Waals surface area (Å²) in [5.74, 6) is 0. The summed E-state index contributed by atoms with van der Waals surface area (Å²) < 4.78 is 2.65. The van der Waals surface area contributed by atoms with Crippen LogP contribution in [0.5, 0.6) is 0 Å². The molecule has 0 spiro atoms. The summed E-state index contributed by atoms with van der Waals surface area (Å²) in [5.41, 5.74) is 1.12. The molecule has 2 aromatic heterocycles. The van der Waals surface area contributed by atoms with Crippen molar-refractivity contribution in [3.8, 4) is 0 Å². The maximum absolute atomic E-state index is 3.97. The maximum atomic E-state index is 3.97. The molecule has 0 aliphatic heterocycles. The third-order valence-electron chi connectivity index (χ3n) is 5.93. The van der Waals surface area contributed by atoms with Crippen molar-refractivity contribution in [2.75, 3.05) is 0 Å². The number of fused-ring (bicyclic) bond motifs is 9. The van der Waals surface area contributed by atoms with Crippen LogP contribution in [0, 0.1) is 0 Å². The van der Waals surface area contributed by atoms with Crippen molar-refractivity contribution >= 4 is 80.7 Å². The summed E-state index contributed by atoms with van der Waals surface area (Å²) in [6.45, 7) is 7.80. The van der Waals surface area contributed by atoms with E-state index in [9.17, 15) is 0 Å². The van der Waals surface area contributed by atoms with Crippen LogP contribution in [0.2, 0.25) is 0 Å². The summed E-state index contributed by atoms with van der Waals surface area (Å²) >= 11 is 3.61. The van der Waals surface area contributed by atoms with Gasteiger partial charge in [0.05, 0.1) is 0 Å². The molecule has 0 unspecified atom stereocenters. The fourth-order valence-corrected chi connectivity index (χ4v) is 6.43. The first-order valence-corrected chi connectivity index (χ1v) is 11.6. The maximum Gasteiger partial charge on any atom is 0.0355 e. The monoisotopic (exact) mass is 418 g/mol. The van der Waals surface area contributed by atoms with Crippen LogP contribution in [0.3, 0.4) is 0 Å². The summed E-state index contributed by atoms with van der Waals surface area (Å²) in [6.07, 6.45) is 5.75. The van der Waals surface area contributed by atoms with Crippen LogP contribution in [0.25, 0.3) is 58.1 Å². The second-order valence-electron chi connectivity index (χ2n) is 7.46. The fourth-order valence-electron chi connectivity index (χ4n) is 4.53. The van der Waals surface area contributed by atoms with Crippen LogP contribution in [0.4, 0.5) is 0 Å². The summed E-state index contributed by atoms with van der Waals surface area (Å²) in [4.78, 5) is 1.23. The molecule has 0 bridgehead atoms. The zero-order valence-corrected chi connectivity index (χ0v) is 17.9. The Labute approximate surface area is 182 Å². The minimum absolute atomic E-state index is 1.12. The van der Waals surface area contributed by atoms with Crippen molar-refractivity contribution < 1.29 is 0 Å². The Balaban J connectivity index is 1.68. The van der Waals surface area contributed by atoms with Crippen LogP contribution < -0.4 is 0 Å². The average molecular weight is 419 g/mol. The lowest BCUT2D eigenvalue weighted by Gasteiger charge is -2.09. The second kappa shape index (κ2) is 6.66. The lowest BCUT2D eigenvalue weighted by molar-refractivity contribution is 1.85. The lowest BCUT2D eigenvalue weighted by atomic mass is 9.95. The predicted molar refractivity (Wildman–Crippen MR) is 138 cm³/mol.